The van der Waals surface area contributed by atoms with Crippen LogP contribution in [0.5, 0.6) is 0 Å². The molecule has 4 rings (SSSR count). The van der Waals surface area contributed by atoms with E-state index in [-0.39, 0.29) is 82.6 Å². The van der Waals surface area contributed by atoms with Crippen molar-refractivity contribution in [2.75, 3.05) is 0 Å². The van der Waals surface area contributed by atoms with E-state index in [1.807, 2.05) is 54.6 Å². The molecule has 0 spiro atoms. The summed E-state index contributed by atoms with van der Waals surface area (Å²) in [6.45, 7) is 4.18. The minimum Gasteiger partial charge on any atom is -0.333 e. The molecule has 0 N–H and O–H groups in total. The molecule has 32 heavy (non-hydrogen) atoms. The molecule has 0 aliphatic heterocycles. The van der Waals surface area contributed by atoms with Gasteiger partial charge in [0, 0.05) is 93.7 Å². The van der Waals surface area contributed by atoms with Gasteiger partial charge in [-0.15, -0.1) is 0 Å². The van der Waals surface area contributed by atoms with Crippen molar-refractivity contribution < 1.29 is 82.6 Å². The van der Waals surface area contributed by atoms with Gasteiger partial charge in [-0.05, 0) is 25.0 Å². The summed E-state index contributed by atoms with van der Waals surface area (Å²) in [5.74, 6) is 0. The van der Waals surface area contributed by atoms with Crippen molar-refractivity contribution in [3.63, 3.8) is 0 Å². The minimum absolute atomic E-state index is 0. The summed E-state index contributed by atoms with van der Waals surface area (Å²) in [7, 11) is 0. The maximum Gasteiger partial charge on any atom is 0.0970 e. The van der Waals surface area contributed by atoms with Crippen molar-refractivity contribution in [2.24, 2.45) is 9.98 Å². The van der Waals surface area contributed by atoms with Crippen LogP contribution in [0.2, 0.25) is 0 Å². The molecule has 2 nitrogen and oxygen atoms in total. The molecule has 0 aliphatic rings. The molecule has 4 aromatic carbocycles. The van der Waals surface area contributed by atoms with Crippen LogP contribution in [-0.2, 0) is 0 Å². The Morgan fingerprint density at radius 1 is 0.562 bits per heavy atom. The topological polar surface area (TPSA) is 24.7 Å². The second-order valence-corrected chi connectivity index (χ2v) is 7.06. The third-order valence-corrected chi connectivity index (χ3v) is 4.84. The number of rotatable bonds is 5. The molecule has 0 heterocycles. The first-order valence-corrected chi connectivity index (χ1v) is 9.95. The van der Waals surface area contributed by atoms with Gasteiger partial charge in [0.05, 0.1) is 17.1 Å². The summed E-state index contributed by atoms with van der Waals surface area (Å²) in [6.07, 6.45) is 0. The molecule has 0 bridgehead atoms. The van der Waals surface area contributed by atoms with E-state index < -0.39 is 0 Å². The Bertz CT molecular complexity index is 1170. The van der Waals surface area contributed by atoms with Crippen LogP contribution in [0.25, 0.3) is 0 Å². The average Bonchev–Trinajstić information content (AvgIpc) is 2.80. The van der Waals surface area contributed by atoms with E-state index in [0.717, 1.165) is 39.4 Å². The summed E-state index contributed by atoms with van der Waals surface area (Å²) in [5, 5.41) is 0. The Morgan fingerprint density at radius 3 is 1.53 bits per heavy atom. The Morgan fingerprint density at radius 2 is 1.03 bits per heavy atom. The number of para-hydroxylation sites is 2. The average molecular weight is 668 g/mol. The first-order chi connectivity index (χ1) is 14.7. The number of hydrogen-bond acceptors (Lipinski definition) is 2. The summed E-state index contributed by atoms with van der Waals surface area (Å²) in [6, 6.07) is 38.5. The molecule has 0 fully saturated rings. The van der Waals surface area contributed by atoms with Crippen LogP contribution in [-0.4, -0.2) is 11.4 Å². The predicted octanol–water partition coefficient (Wildman–Crippen LogP) is 6.85. The Balaban J connectivity index is 0.00000181. The van der Waals surface area contributed by atoms with Crippen LogP contribution in [0, 0.1) is 109 Å². The molecule has 152 valence electrons. The van der Waals surface area contributed by atoms with Crippen LogP contribution in [0.3, 0.4) is 0 Å². The van der Waals surface area contributed by atoms with Gasteiger partial charge < -0.3 is 12.1 Å². The predicted molar refractivity (Wildman–Crippen MR) is 125 cm³/mol. The van der Waals surface area contributed by atoms with E-state index in [1.165, 1.54) is 0 Å². The molecule has 4 heteroatoms. The van der Waals surface area contributed by atoms with Crippen LogP contribution < -0.4 is 0 Å². The molecular weight excluding hydrogens is 646 g/mol. The van der Waals surface area contributed by atoms with E-state index in [1.54, 1.807) is 0 Å². The van der Waals surface area contributed by atoms with Crippen LogP contribution in [0.1, 0.15) is 22.3 Å². The molecular formula is C28H22N2Pr2-2. The smallest absolute Gasteiger partial charge is 0.0970 e. The number of aryl methyl sites for hydroxylation is 2. The Labute approximate surface area is 257 Å². The summed E-state index contributed by atoms with van der Waals surface area (Å²) in [5.41, 5.74) is 7.52. The summed E-state index contributed by atoms with van der Waals surface area (Å²) in [4.78, 5) is 10.1. The first-order valence-electron chi connectivity index (χ1n) is 9.95. The second kappa shape index (κ2) is 13.6. The SMILES string of the molecule is Cc1cccc(C)c1N=C(C(=Nc1[c-]ccc[c-]1)c1ccccc1)c1ccccc1.[Pr].[Pr]. The van der Waals surface area contributed by atoms with Crippen LogP contribution in [0.4, 0.5) is 11.4 Å². The van der Waals surface area contributed by atoms with Crippen molar-refractivity contribution >= 4 is 22.8 Å². The van der Waals surface area contributed by atoms with Crippen LogP contribution in [0.15, 0.2) is 107 Å². The van der Waals surface area contributed by atoms with Crippen molar-refractivity contribution in [1.82, 2.24) is 0 Å². The molecule has 0 atom stereocenters. The fourth-order valence-corrected chi connectivity index (χ4v) is 3.31. The fraction of sp³-hybridized carbons (Fsp3) is 0.0714. The third kappa shape index (κ3) is 6.97. The maximum atomic E-state index is 5.16. The zero-order chi connectivity index (χ0) is 20.8. The number of nitrogens with zero attached hydrogens (tertiary/aromatic N) is 2. The van der Waals surface area contributed by atoms with Crippen molar-refractivity contribution in [3.05, 3.63) is 131 Å². The third-order valence-electron chi connectivity index (χ3n) is 4.84. The summed E-state index contributed by atoms with van der Waals surface area (Å²) >= 11 is 0. The fourth-order valence-electron chi connectivity index (χ4n) is 3.31. The molecule has 2 radical (unpaired) electrons. The maximum absolute atomic E-state index is 5.16. The largest absolute Gasteiger partial charge is 0.333 e. The van der Waals surface area contributed by atoms with Gasteiger partial charge in [0.1, 0.15) is 0 Å². The minimum atomic E-state index is 0. The van der Waals surface area contributed by atoms with Crippen molar-refractivity contribution in [1.29, 1.82) is 0 Å². The van der Waals surface area contributed by atoms with E-state index in [9.17, 15) is 0 Å². The van der Waals surface area contributed by atoms with Gasteiger partial charge in [-0.1, -0.05) is 78.9 Å². The van der Waals surface area contributed by atoms with E-state index in [0.29, 0.717) is 5.69 Å². The summed E-state index contributed by atoms with van der Waals surface area (Å²) < 4.78 is 0. The van der Waals surface area contributed by atoms with E-state index in [2.05, 4.69) is 68.4 Å². The molecule has 4 aromatic rings. The van der Waals surface area contributed by atoms with E-state index >= 15 is 0 Å². The van der Waals surface area contributed by atoms with E-state index in [4.69, 9.17) is 9.98 Å². The van der Waals surface area contributed by atoms with Gasteiger partial charge in [-0.3, -0.25) is 23.2 Å². The Kier molecular flexibility index (Phi) is 11.6. The monoisotopic (exact) mass is 668 g/mol. The van der Waals surface area contributed by atoms with Gasteiger partial charge in [-0.2, -0.15) is 5.69 Å². The second-order valence-electron chi connectivity index (χ2n) is 7.06. The normalized spacial score (nSPS) is 11.3. The van der Waals surface area contributed by atoms with Crippen molar-refractivity contribution in [3.8, 4) is 0 Å². The van der Waals surface area contributed by atoms with Gasteiger partial charge in [-0.25, -0.2) is 4.99 Å². The number of benzene rings is 4. The van der Waals surface area contributed by atoms with Gasteiger partial charge in [0.25, 0.3) is 0 Å². The number of hydrogen-bond donors (Lipinski definition) is 0. The molecule has 0 aliphatic carbocycles. The first kappa shape index (κ1) is 27.2. The van der Waals surface area contributed by atoms with Crippen LogP contribution >= 0.6 is 0 Å². The molecule has 0 unspecified atom stereocenters. The van der Waals surface area contributed by atoms with Gasteiger partial charge >= 0.3 is 0 Å². The standard InChI is InChI=1S/C28H22N2.2Pr/c1-21-13-12-14-22(2)26(21)30-28(24-17-8-4-9-18-24)27(23-15-6-3-7-16-23)29-25-19-10-5-11-20-25;;/h3-18H,1-2H3;;/q-2;;. The zero-order valence-corrected chi connectivity index (χ0v) is 25.7. The molecule has 0 saturated heterocycles. The zero-order valence-electron chi connectivity index (χ0n) is 18.3. The van der Waals surface area contributed by atoms with Crippen molar-refractivity contribution in [2.45, 2.75) is 13.8 Å². The Hall–Kier alpha value is -1.05. The molecule has 0 saturated carbocycles. The van der Waals surface area contributed by atoms with Gasteiger partial charge in [0.2, 0.25) is 0 Å². The van der Waals surface area contributed by atoms with Gasteiger partial charge in [0.15, 0.2) is 0 Å². The quantitative estimate of drug-likeness (QED) is 0.164. The number of aliphatic imine (C=N–C) groups is 2. The molecule has 0 amide bonds. The molecule has 0 aromatic heterocycles.